The summed E-state index contributed by atoms with van der Waals surface area (Å²) in [6.45, 7) is 3.43. The van der Waals surface area contributed by atoms with Gasteiger partial charge in [0.15, 0.2) is 0 Å². The Balaban J connectivity index is 2.75. The zero-order chi connectivity index (χ0) is 15.3. The van der Waals surface area contributed by atoms with Crippen LogP contribution in [0.5, 0.6) is 0 Å². The monoisotopic (exact) mass is 283 g/mol. The van der Waals surface area contributed by atoms with Gasteiger partial charge in [0.2, 0.25) is 6.04 Å². The Labute approximate surface area is 115 Å². The normalized spacial score (nSPS) is 13.3. The molecular weight excluding hydrogens is 266 g/mol. The Morgan fingerprint density at radius 2 is 2.15 bits per heavy atom. The predicted octanol–water partition coefficient (Wildman–Crippen LogP) is -0.0552. The van der Waals surface area contributed by atoms with E-state index in [1.165, 1.54) is 16.9 Å². The SMILES string of the molecule is CCC(C)OC(=O)C(NC(=O)c1ccn(C)n1)C(=O)O. The number of nitrogens with one attached hydrogen (secondary N) is 1. The molecule has 0 saturated heterocycles. The van der Waals surface area contributed by atoms with Crippen molar-refractivity contribution >= 4 is 17.8 Å². The number of hydrogen-bond donors (Lipinski definition) is 2. The molecule has 0 aliphatic carbocycles. The van der Waals surface area contributed by atoms with Gasteiger partial charge in [0, 0.05) is 13.2 Å². The van der Waals surface area contributed by atoms with Gasteiger partial charge in [-0.05, 0) is 19.4 Å². The van der Waals surface area contributed by atoms with Crippen LogP contribution in [0.25, 0.3) is 0 Å². The van der Waals surface area contributed by atoms with E-state index in [2.05, 4.69) is 10.4 Å². The molecule has 110 valence electrons. The van der Waals surface area contributed by atoms with E-state index in [9.17, 15) is 14.4 Å². The summed E-state index contributed by atoms with van der Waals surface area (Å²) in [6.07, 6.45) is 1.66. The summed E-state index contributed by atoms with van der Waals surface area (Å²) < 4.78 is 6.30. The van der Waals surface area contributed by atoms with Crippen molar-refractivity contribution < 1.29 is 24.2 Å². The van der Waals surface area contributed by atoms with Crippen LogP contribution in [0, 0.1) is 0 Å². The molecule has 8 nitrogen and oxygen atoms in total. The fourth-order valence-corrected chi connectivity index (χ4v) is 1.31. The molecule has 1 aromatic heterocycles. The Morgan fingerprint density at radius 1 is 1.50 bits per heavy atom. The molecule has 0 aliphatic heterocycles. The van der Waals surface area contributed by atoms with Gasteiger partial charge in [0.1, 0.15) is 5.69 Å². The van der Waals surface area contributed by atoms with Gasteiger partial charge in [-0.1, -0.05) is 6.92 Å². The minimum absolute atomic E-state index is 0.0232. The molecule has 2 atom stereocenters. The van der Waals surface area contributed by atoms with Gasteiger partial charge in [-0.15, -0.1) is 0 Å². The topological polar surface area (TPSA) is 111 Å². The second-order valence-electron chi connectivity index (χ2n) is 4.28. The van der Waals surface area contributed by atoms with Crippen LogP contribution in [0.15, 0.2) is 12.3 Å². The molecule has 0 spiro atoms. The molecule has 20 heavy (non-hydrogen) atoms. The third-order valence-corrected chi connectivity index (χ3v) is 2.60. The number of hydrogen-bond acceptors (Lipinski definition) is 5. The molecule has 0 fully saturated rings. The van der Waals surface area contributed by atoms with Crippen LogP contribution >= 0.6 is 0 Å². The highest BCUT2D eigenvalue weighted by molar-refractivity contribution is 6.04. The lowest BCUT2D eigenvalue weighted by molar-refractivity contribution is -0.158. The third kappa shape index (κ3) is 4.08. The van der Waals surface area contributed by atoms with Crippen LogP contribution in [0.3, 0.4) is 0 Å². The molecule has 1 aromatic rings. The number of nitrogens with zero attached hydrogens (tertiary/aromatic N) is 2. The fraction of sp³-hybridized carbons (Fsp3) is 0.500. The van der Waals surface area contributed by atoms with Crippen LogP contribution < -0.4 is 5.32 Å². The van der Waals surface area contributed by atoms with Gasteiger partial charge in [-0.3, -0.25) is 9.48 Å². The average Bonchev–Trinajstić information content (AvgIpc) is 2.81. The summed E-state index contributed by atoms with van der Waals surface area (Å²) in [5.74, 6) is -3.24. The van der Waals surface area contributed by atoms with E-state index in [0.717, 1.165) is 0 Å². The lowest BCUT2D eigenvalue weighted by Crippen LogP contribution is -2.48. The van der Waals surface area contributed by atoms with Gasteiger partial charge in [0.25, 0.3) is 5.91 Å². The van der Waals surface area contributed by atoms with Crippen molar-refractivity contribution in [3.05, 3.63) is 18.0 Å². The fourth-order valence-electron chi connectivity index (χ4n) is 1.31. The van der Waals surface area contributed by atoms with Crippen LogP contribution in [0.4, 0.5) is 0 Å². The molecule has 0 saturated carbocycles. The summed E-state index contributed by atoms with van der Waals surface area (Å²) in [6, 6.07) is -0.340. The first-order valence-electron chi connectivity index (χ1n) is 6.09. The molecule has 2 N–H and O–H groups in total. The highest BCUT2D eigenvalue weighted by Crippen LogP contribution is 2.02. The zero-order valence-corrected chi connectivity index (χ0v) is 11.5. The highest BCUT2D eigenvalue weighted by Gasteiger charge is 2.31. The minimum atomic E-state index is -1.75. The molecule has 1 heterocycles. The van der Waals surface area contributed by atoms with Crippen molar-refractivity contribution in [1.29, 1.82) is 0 Å². The first kappa shape index (κ1) is 15.7. The number of carbonyl (C=O) groups excluding carboxylic acids is 2. The summed E-state index contributed by atoms with van der Waals surface area (Å²) in [7, 11) is 1.61. The van der Waals surface area contributed by atoms with E-state index < -0.39 is 30.0 Å². The number of rotatable bonds is 6. The number of esters is 1. The summed E-state index contributed by atoms with van der Waals surface area (Å²) in [5, 5.41) is 14.9. The van der Waals surface area contributed by atoms with Gasteiger partial charge in [-0.2, -0.15) is 5.10 Å². The number of amides is 1. The Hall–Kier alpha value is -2.38. The summed E-state index contributed by atoms with van der Waals surface area (Å²) in [5.41, 5.74) is 0.0232. The maximum absolute atomic E-state index is 11.8. The van der Waals surface area contributed by atoms with Crippen LogP contribution in [0.1, 0.15) is 30.8 Å². The van der Waals surface area contributed by atoms with Crippen molar-refractivity contribution in [1.82, 2.24) is 15.1 Å². The van der Waals surface area contributed by atoms with Crippen molar-refractivity contribution in [3.63, 3.8) is 0 Å². The first-order chi connectivity index (χ1) is 9.35. The largest absolute Gasteiger partial charge is 0.479 e. The molecule has 1 amide bonds. The van der Waals surface area contributed by atoms with E-state index >= 15 is 0 Å². The molecular formula is C12H17N3O5. The Morgan fingerprint density at radius 3 is 2.60 bits per heavy atom. The Kier molecular flexibility index (Phi) is 5.24. The third-order valence-electron chi connectivity index (χ3n) is 2.60. The van der Waals surface area contributed by atoms with Gasteiger partial charge in [0.05, 0.1) is 6.10 Å². The maximum atomic E-state index is 11.8. The lowest BCUT2D eigenvalue weighted by atomic mass is 10.2. The second kappa shape index (κ2) is 6.69. The number of aliphatic carboxylic acids is 1. The van der Waals surface area contributed by atoms with E-state index in [4.69, 9.17) is 9.84 Å². The Bertz CT molecular complexity index is 511. The van der Waals surface area contributed by atoms with Crippen molar-refractivity contribution in [3.8, 4) is 0 Å². The van der Waals surface area contributed by atoms with Crippen LogP contribution in [-0.2, 0) is 21.4 Å². The van der Waals surface area contributed by atoms with E-state index in [1.54, 1.807) is 20.9 Å². The summed E-state index contributed by atoms with van der Waals surface area (Å²) >= 11 is 0. The second-order valence-corrected chi connectivity index (χ2v) is 4.28. The smallest absolute Gasteiger partial charge is 0.340 e. The molecule has 2 unspecified atom stereocenters. The zero-order valence-electron chi connectivity index (χ0n) is 11.5. The molecule has 0 bridgehead atoms. The number of carbonyl (C=O) groups is 3. The number of aryl methyl sites for hydroxylation is 1. The highest BCUT2D eigenvalue weighted by atomic mass is 16.5. The first-order valence-corrected chi connectivity index (χ1v) is 6.09. The molecule has 8 heteroatoms. The molecule has 1 rings (SSSR count). The van der Waals surface area contributed by atoms with E-state index in [0.29, 0.717) is 6.42 Å². The standard InChI is InChI=1S/C12H17N3O5/c1-4-7(2)20-12(19)9(11(17)18)13-10(16)8-5-6-15(3)14-8/h5-7,9H,4H2,1-3H3,(H,13,16)(H,17,18). The lowest BCUT2D eigenvalue weighted by Gasteiger charge is -2.16. The number of carboxylic acids is 1. The molecule has 0 aliphatic rings. The predicted molar refractivity (Wildman–Crippen MR) is 67.9 cm³/mol. The van der Waals surface area contributed by atoms with E-state index in [1.807, 2.05) is 0 Å². The number of aromatic nitrogens is 2. The van der Waals surface area contributed by atoms with Gasteiger partial charge in [-0.25, -0.2) is 9.59 Å². The number of ether oxygens (including phenoxy) is 1. The van der Waals surface area contributed by atoms with Crippen molar-refractivity contribution in [2.24, 2.45) is 7.05 Å². The number of carboxylic acid groups (broad SMARTS) is 1. The van der Waals surface area contributed by atoms with Crippen molar-refractivity contribution in [2.75, 3.05) is 0 Å². The molecule has 0 aromatic carbocycles. The quantitative estimate of drug-likeness (QED) is 0.559. The maximum Gasteiger partial charge on any atom is 0.340 e. The van der Waals surface area contributed by atoms with Crippen molar-refractivity contribution in [2.45, 2.75) is 32.4 Å². The minimum Gasteiger partial charge on any atom is -0.479 e. The average molecular weight is 283 g/mol. The summed E-state index contributed by atoms with van der Waals surface area (Å²) in [4.78, 5) is 34.5. The van der Waals surface area contributed by atoms with E-state index in [-0.39, 0.29) is 5.69 Å². The van der Waals surface area contributed by atoms with Crippen LogP contribution in [-0.4, -0.2) is 44.9 Å². The molecule has 0 radical (unpaired) electrons. The van der Waals surface area contributed by atoms with Gasteiger partial charge >= 0.3 is 11.9 Å². The van der Waals surface area contributed by atoms with Crippen LogP contribution in [0.2, 0.25) is 0 Å². The van der Waals surface area contributed by atoms with Gasteiger partial charge < -0.3 is 15.2 Å².